The van der Waals surface area contributed by atoms with Gasteiger partial charge in [-0.2, -0.15) is 0 Å². The van der Waals surface area contributed by atoms with Crippen LogP contribution in [0.5, 0.6) is 0 Å². The SMILES string of the molecule is CCNC(=NCC1(CCOC)CCC1)NCC1(N2CCCCC2)CCN(C)CC1. The summed E-state index contributed by atoms with van der Waals surface area (Å²) in [6.45, 7) is 10.8. The van der Waals surface area contributed by atoms with Gasteiger partial charge in [0.15, 0.2) is 5.96 Å². The van der Waals surface area contributed by atoms with Crippen LogP contribution in [0.2, 0.25) is 0 Å². The Morgan fingerprint density at radius 2 is 1.69 bits per heavy atom. The van der Waals surface area contributed by atoms with Gasteiger partial charge in [0.25, 0.3) is 0 Å². The van der Waals surface area contributed by atoms with Crippen molar-refractivity contribution in [3.05, 3.63) is 0 Å². The Kier molecular flexibility index (Phi) is 8.63. The number of nitrogens with one attached hydrogen (secondary N) is 2. The van der Waals surface area contributed by atoms with Crippen LogP contribution in [0.3, 0.4) is 0 Å². The van der Waals surface area contributed by atoms with Gasteiger partial charge in [-0.05, 0) is 90.5 Å². The summed E-state index contributed by atoms with van der Waals surface area (Å²) in [5.74, 6) is 1.01. The number of piperidine rings is 2. The molecule has 6 heteroatoms. The van der Waals surface area contributed by atoms with Gasteiger partial charge in [0.2, 0.25) is 0 Å². The third-order valence-corrected chi connectivity index (χ3v) is 7.70. The number of methoxy groups -OCH3 is 1. The van der Waals surface area contributed by atoms with Crippen molar-refractivity contribution in [1.29, 1.82) is 0 Å². The second-order valence-corrected chi connectivity index (χ2v) is 9.72. The molecule has 6 nitrogen and oxygen atoms in total. The topological polar surface area (TPSA) is 52.1 Å². The van der Waals surface area contributed by atoms with Crippen molar-refractivity contribution in [3.8, 4) is 0 Å². The second-order valence-electron chi connectivity index (χ2n) is 9.72. The van der Waals surface area contributed by atoms with Gasteiger partial charge >= 0.3 is 0 Å². The number of aliphatic imine (C=N–C) groups is 1. The maximum Gasteiger partial charge on any atom is 0.191 e. The van der Waals surface area contributed by atoms with E-state index < -0.39 is 0 Å². The van der Waals surface area contributed by atoms with Crippen molar-refractivity contribution in [1.82, 2.24) is 20.4 Å². The fourth-order valence-electron chi connectivity index (χ4n) is 5.33. The van der Waals surface area contributed by atoms with E-state index in [1.807, 2.05) is 7.11 Å². The van der Waals surface area contributed by atoms with Crippen LogP contribution in [-0.2, 0) is 4.74 Å². The van der Waals surface area contributed by atoms with Gasteiger partial charge in [-0.25, -0.2) is 0 Å². The van der Waals surface area contributed by atoms with Gasteiger partial charge < -0.3 is 20.3 Å². The molecule has 1 saturated carbocycles. The van der Waals surface area contributed by atoms with E-state index in [0.29, 0.717) is 5.41 Å². The molecule has 0 unspecified atom stereocenters. The van der Waals surface area contributed by atoms with Gasteiger partial charge in [0.05, 0.1) is 0 Å². The van der Waals surface area contributed by atoms with E-state index >= 15 is 0 Å². The first-order valence-electron chi connectivity index (χ1n) is 12.1. The highest BCUT2D eigenvalue weighted by Crippen LogP contribution is 2.44. The average molecular weight is 408 g/mol. The van der Waals surface area contributed by atoms with Gasteiger partial charge in [-0.1, -0.05) is 12.8 Å². The number of guanidine groups is 1. The van der Waals surface area contributed by atoms with E-state index in [4.69, 9.17) is 9.73 Å². The number of ether oxygens (including phenoxy) is 1. The zero-order valence-electron chi connectivity index (χ0n) is 19.3. The zero-order chi connectivity index (χ0) is 20.6. The zero-order valence-corrected chi connectivity index (χ0v) is 19.3. The molecule has 0 aromatic rings. The predicted molar refractivity (Wildman–Crippen MR) is 122 cm³/mol. The molecule has 3 aliphatic rings. The molecule has 168 valence electrons. The summed E-state index contributed by atoms with van der Waals surface area (Å²) in [5, 5.41) is 7.27. The average Bonchev–Trinajstić information content (AvgIpc) is 2.73. The Hall–Kier alpha value is -0.850. The van der Waals surface area contributed by atoms with E-state index in [1.165, 1.54) is 77.5 Å². The Morgan fingerprint density at radius 1 is 0.966 bits per heavy atom. The molecule has 0 atom stereocenters. The summed E-state index contributed by atoms with van der Waals surface area (Å²) in [6.07, 6.45) is 11.7. The van der Waals surface area contributed by atoms with Crippen molar-refractivity contribution < 1.29 is 4.74 Å². The lowest BCUT2D eigenvalue weighted by Gasteiger charge is -2.50. The lowest BCUT2D eigenvalue weighted by Crippen LogP contribution is -2.62. The normalized spacial score (nSPS) is 25.4. The van der Waals surface area contributed by atoms with Crippen molar-refractivity contribution in [2.24, 2.45) is 10.4 Å². The molecule has 0 spiro atoms. The molecule has 2 aliphatic heterocycles. The second kappa shape index (κ2) is 11.0. The summed E-state index contributed by atoms with van der Waals surface area (Å²) in [7, 11) is 4.07. The van der Waals surface area contributed by atoms with Crippen LogP contribution in [0, 0.1) is 5.41 Å². The first-order chi connectivity index (χ1) is 14.1. The molecule has 0 radical (unpaired) electrons. The Bertz CT molecular complexity index is 505. The Balaban J connectivity index is 1.63. The Labute approximate surface area is 178 Å². The van der Waals surface area contributed by atoms with Crippen LogP contribution in [0.1, 0.15) is 64.7 Å². The molecule has 0 bridgehead atoms. The van der Waals surface area contributed by atoms with Crippen molar-refractivity contribution in [3.63, 3.8) is 0 Å². The molecule has 1 aliphatic carbocycles. The van der Waals surface area contributed by atoms with E-state index in [9.17, 15) is 0 Å². The molecular weight excluding hydrogens is 362 g/mol. The van der Waals surface area contributed by atoms with Gasteiger partial charge in [0.1, 0.15) is 0 Å². The van der Waals surface area contributed by atoms with Crippen molar-refractivity contribution in [2.45, 2.75) is 70.3 Å². The highest BCUT2D eigenvalue weighted by molar-refractivity contribution is 5.79. The van der Waals surface area contributed by atoms with Gasteiger partial charge in [-0.3, -0.25) is 9.89 Å². The molecule has 3 rings (SSSR count). The molecule has 2 N–H and O–H groups in total. The minimum Gasteiger partial charge on any atom is -0.385 e. The molecule has 0 amide bonds. The van der Waals surface area contributed by atoms with Crippen LogP contribution in [-0.4, -0.2) is 87.9 Å². The molecule has 2 saturated heterocycles. The smallest absolute Gasteiger partial charge is 0.191 e. The van der Waals surface area contributed by atoms with Crippen LogP contribution in [0.4, 0.5) is 0 Å². The quantitative estimate of drug-likeness (QED) is 0.455. The van der Waals surface area contributed by atoms with Crippen LogP contribution in [0.25, 0.3) is 0 Å². The molecular formula is C23H45N5O. The van der Waals surface area contributed by atoms with E-state index in [-0.39, 0.29) is 5.54 Å². The first kappa shape index (κ1) is 22.8. The summed E-state index contributed by atoms with van der Waals surface area (Å²) in [6, 6.07) is 0. The van der Waals surface area contributed by atoms with Gasteiger partial charge in [0, 0.05) is 38.9 Å². The molecule has 2 heterocycles. The standard InChI is InChI=1S/C23H45N5O/c1-4-24-21(25-19-22(9-8-10-22)13-18-29-3)26-20-23(11-16-27(2)17-12-23)28-14-6-5-7-15-28/h4-20H2,1-3H3,(H2,24,25,26). The number of nitrogens with zero attached hydrogens (tertiary/aromatic N) is 3. The number of likely N-dealkylation sites (tertiary alicyclic amines) is 2. The van der Waals surface area contributed by atoms with Crippen LogP contribution < -0.4 is 10.6 Å². The molecule has 3 fully saturated rings. The van der Waals surface area contributed by atoms with E-state index in [0.717, 1.165) is 38.6 Å². The lowest BCUT2D eigenvalue weighted by atomic mass is 9.67. The third kappa shape index (κ3) is 6.08. The van der Waals surface area contributed by atoms with Crippen molar-refractivity contribution >= 4 is 5.96 Å². The van der Waals surface area contributed by atoms with E-state index in [2.05, 4.69) is 34.4 Å². The fourth-order valence-corrected chi connectivity index (χ4v) is 5.33. The molecule has 0 aromatic heterocycles. The number of rotatable bonds is 9. The number of hydrogen-bond acceptors (Lipinski definition) is 4. The first-order valence-corrected chi connectivity index (χ1v) is 12.1. The summed E-state index contributed by atoms with van der Waals surface area (Å²) < 4.78 is 5.35. The summed E-state index contributed by atoms with van der Waals surface area (Å²) in [4.78, 5) is 10.3. The molecule has 0 aromatic carbocycles. The monoisotopic (exact) mass is 407 g/mol. The summed E-state index contributed by atoms with van der Waals surface area (Å²) in [5.41, 5.74) is 0.657. The highest BCUT2D eigenvalue weighted by Gasteiger charge is 2.40. The Morgan fingerprint density at radius 3 is 2.28 bits per heavy atom. The van der Waals surface area contributed by atoms with Gasteiger partial charge in [-0.15, -0.1) is 0 Å². The summed E-state index contributed by atoms with van der Waals surface area (Å²) >= 11 is 0. The molecule has 29 heavy (non-hydrogen) atoms. The minimum absolute atomic E-state index is 0.285. The van der Waals surface area contributed by atoms with Crippen LogP contribution in [0.15, 0.2) is 4.99 Å². The van der Waals surface area contributed by atoms with Crippen molar-refractivity contribution in [2.75, 3.05) is 66.6 Å². The van der Waals surface area contributed by atoms with E-state index in [1.54, 1.807) is 0 Å². The largest absolute Gasteiger partial charge is 0.385 e. The lowest BCUT2D eigenvalue weighted by molar-refractivity contribution is 0.0172. The maximum atomic E-state index is 5.35. The minimum atomic E-state index is 0.285. The third-order valence-electron chi connectivity index (χ3n) is 7.70. The highest BCUT2D eigenvalue weighted by atomic mass is 16.5. The van der Waals surface area contributed by atoms with Crippen LogP contribution >= 0.6 is 0 Å². The maximum absolute atomic E-state index is 5.35. The number of hydrogen-bond donors (Lipinski definition) is 2. The fraction of sp³-hybridized carbons (Fsp3) is 0.957. The predicted octanol–water partition coefficient (Wildman–Crippen LogP) is 2.70.